The van der Waals surface area contributed by atoms with Gasteiger partial charge in [0.15, 0.2) is 14.6 Å². The van der Waals surface area contributed by atoms with Gasteiger partial charge in [0.05, 0.1) is 5.71 Å². The van der Waals surface area contributed by atoms with Gasteiger partial charge in [0.1, 0.15) is 6.10 Å². The van der Waals surface area contributed by atoms with Crippen molar-refractivity contribution in [2.75, 3.05) is 6.26 Å². The van der Waals surface area contributed by atoms with Gasteiger partial charge in [-0.2, -0.15) is 0 Å². The summed E-state index contributed by atoms with van der Waals surface area (Å²) in [5.41, 5.74) is 2.63. The molecule has 0 bridgehead atoms. The Morgan fingerprint density at radius 3 is 2.54 bits per heavy atom. The summed E-state index contributed by atoms with van der Waals surface area (Å²) in [7, 11) is -3.78. The van der Waals surface area contributed by atoms with Crippen molar-refractivity contribution in [3.8, 4) is 0 Å². The van der Waals surface area contributed by atoms with Gasteiger partial charge >= 0.3 is 5.97 Å². The smallest absolute Gasteiger partial charge is 0.324 e. The van der Waals surface area contributed by atoms with Crippen LogP contribution in [0, 0.1) is 0 Å². The number of sulfone groups is 1. The molecule has 130 valence electrons. The lowest BCUT2D eigenvalue weighted by molar-refractivity contribution is -0.140. The molecule has 1 aromatic rings. The van der Waals surface area contributed by atoms with Crippen LogP contribution in [-0.4, -0.2) is 42.3 Å². The Morgan fingerprint density at radius 2 is 2.04 bits per heavy atom. The van der Waals surface area contributed by atoms with Crippen molar-refractivity contribution in [1.82, 2.24) is 0 Å². The van der Waals surface area contributed by atoms with Crippen LogP contribution in [0.4, 0.5) is 0 Å². The highest BCUT2D eigenvalue weighted by atomic mass is 32.2. The van der Waals surface area contributed by atoms with Crippen LogP contribution < -0.4 is 0 Å². The molecular weight excluding hydrogens is 330 g/mol. The number of oxime groups is 1. The molecule has 1 unspecified atom stereocenters. The molecule has 0 fully saturated rings. The van der Waals surface area contributed by atoms with Crippen LogP contribution in [0.3, 0.4) is 0 Å². The molecule has 7 heteroatoms. The number of carbonyl (C=O) groups is 1. The first kappa shape index (κ1) is 18.2. The van der Waals surface area contributed by atoms with Crippen LogP contribution in [0.2, 0.25) is 0 Å². The predicted molar refractivity (Wildman–Crippen MR) is 92.7 cm³/mol. The predicted octanol–water partition coefficient (Wildman–Crippen LogP) is 2.49. The summed E-state index contributed by atoms with van der Waals surface area (Å²) in [5, 5.41) is 13.3. The minimum Gasteiger partial charge on any atom is -0.480 e. The van der Waals surface area contributed by atoms with Crippen LogP contribution >= 0.6 is 0 Å². The summed E-state index contributed by atoms with van der Waals surface area (Å²) in [4.78, 5) is 16.7. The van der Waals surface area contributed by atoms with Gasteiger partial charge < -0.3 is 9.94 Å². The van der Waals surface area contributed by atoms with Crippen LogP contribution in [-0.2, 0) is 19.5 Å². The van der Waals surface area contributed by atoms with Crippen molar-refractivity contribution in [2.24, 2.45) is 5.16 Å². The number of hydrogen-bond donors (Lipinski definition) is 1. The van der Waals surface area contributed by atoms with Gasteiger partial charge in [-0.15, -0.1) is 0 Å². The standard InChI is InChI=1S/C17H21NO5S/c1-4-5-12-6-8-13(9-7-12)15-10-14(23-18-15)11-17(2,16(19)20)24(3,21)22/h4-9,14H,10-11H2,1-3H3,(H,19,20)/b5-4+/t14-,17?/m1/s1. The molecule has 0 saturated carbocycles. The zero-order chi connectivity index (χ0) is 18.0. The molecule has 0 amide bonds. The summed E-state index contributed by atoms with van der Waals surface area (Å²) in [6, 6.07) is 7.71. The fraction of sp³-hybridized carbons (Fsp3) is 0.412. The first-order valence-electron chi connectivity index (χ1n) is 7.56. The summed E-state index contributed by atoms with van der Waals surface area (Å²) >= 11 is 0. The maximum atomic E-state index is 11.9. The number of hydrogen-bond acceptors (Lipinski definition) is 5. The highest BCUT2D eigenvalue weighted by Gasteiger charge is 2.47. The number of nitrogens with zero attached hydrogens (tertiary/aromatic N) is 1. The minimum absolute atomic E-state index is 0.148. The van der Waals surface area contributed by atoms with Gasteiger partial charge in [0.25, 0.3) is 0 Å². The molecule has 0 aliphatic carbocycles. The third-order valence-electron chi connectivity index (χ3n) is 4.22. The van der Waals surface area contributed by atoms with Crippen LogP contribution in [0.15, 0.2) is 35.5 Å². The number of allylic oxidation sites excluding steroid dienone is 1. The lowest BCUT2D eigenvalue weighted by Crippen LogP contribution is -2.45. The molecule has 1 aliphatic heterocycles. The molecule has 0 spiro atoms. The molecule has 1 aliphatic rings. The first-order chi connectivity index (χ1) is 11.2. The van der Waals surface area contributed by atoms with Crippen LogP contribution in [0.1, 0.15) is 37.8 Å². The number of carboxylic acid groups (broad SMARTS) is 1. The van der Waals surface area contributed by atoms with Crippen LogP contribution in [0.25, 0.3) is 6.08 Å². The average Bonchev–Trinajstić information content (AvgIpc) is 2.95. The molecule has 0 radical (unpaired) electrons. The quantitative estimate of drug-likeness (QED) is 0.850. The summed E-state index contributed by atoms with van der Waals surface area (Å²) in [5.74, 6) is -1.38. The number of aliphatic carboxylic acids is 1. The number of carboxylic acids is 1. The van der Waals surface area contributed by atoms with Crippen molar-refractivity contribution >= 4 is 27.6 Å². The van der Waals surface area contributed by atoms with E-state index in [1.807, 2.05) is 43.3 Å². The van der Waals surface area contributed by atoms with Gasteiger partial charge in [0.2, 0.25) is 0 Å². The van der Waals surface area contributed by atoms with E-state index in [0.717, 1.165) is 17.4 Å². The van der Waals surface area contributed by atoms with E-state index in [1.165, 1.54) is 6.92 Å². The molecule has 1 heterocycles. The third kappa shape index (κ3) is 3.67. The summed E-state index contributed by atoms with van der Waals surface area (Å²) in [6.07, 6.45) is 4.50. The fourth-order valence-electron chi connectivity index (χ4n) is 2.52. The Kier molecular flexibility index (Phi) is 5.13. The topological polar surface area (TPSA) is 93.0 Å². The summed E-state index contributed by atoms with van der Waals surface area (Å²) < 4.78 is 21.8. The second-order valence-corrected chi connectivity index (χ2v) is 8.55. The van der Waals surface area contributed by atoms with E-state index in [-0.39, 0.29) is 6.42 Å². The molecule has 24 heavy (non-hydrogen) atoms. The normalized spacial score (nSPS) is 20.5. The van der Waals surface area contributed by atoms with E-state index in [4.69, 9.17) is 4.84 Å². The van der Waals surface area contributed by atoms with Gasteiger partial charge in [-0.1, -0.05) is 41.6 Å². The lowest BCUT2D eigenvalue weighted by atomic mass is 9.97. The van der Waals surface area contributed by atoms with Gasteiger partial charge in [-0.3, -0.25) is 4.79 Å². The molecule has 6 nitrogen and oxygen atoms in total. The van der Waals surface area contributed by atoms with Crippen LogP contribution in [0.5, 0.6) is 0 Å². The second-order valence-electron chi connectivity index (χ2n) is 6.10. The lowest BCUT2D eigenvalue weighted by Gasteiger charge is -2.24. The van der Waals surface area contributed by atoms with Gasteiger partial charge in [0, 0.05) is 19.1 Å². The number of benzene rings is 1. The molecule has 1 N–H and O–H groups in total. The molecule has 2 atom stereocenters. The SMILES string of the molecule is C/C=C/c1ccc(C2=NO[C@@H](CC(C)(C(=O)O)S(C)(=O)=O)C2)cc1. The molecule has 1 aromatic carbocycles. The maximum Gasteiger partial charge on any atom is 0.324 e. The van der Waals surface area contributed by atoms with Crippen molar-refractivity contribution in [2.45, 2.75) is 37.5 Å². The van der Waals surface area contributed by atoms with Gasteiger partial charge in [-0.25, -0.2) is 8.42 Å². The Hall–Kier alpha value is -2.15. The monoisotopic (exact) mass is 351 g/mol. The number of rotatable bonds is 6. The Bertz CT molecular complexity index is 780. The largest absolute Gasteiger partial charge is 0.480 e. The highest BCUT2D eigenvalue weighted by Crippen LogP contribution is 2.29. The Balaban J connectivity index is 2.10. The minimum atomic E-state index is -3.78. The fourth-order valence-corrected chi connectivity index (χ4v) is 3.32. The highest BCUT2D eigenvalue weighted by molar-refractivity contribution is 7.92. The van der Waals surface area contributed by atoms with E-state index in [0.29, 0.717) is 12.1 Å². The molecule has 2 rings (SSSR count). The Morgan fingerprint density at radius 1 is 1.42 bits per heavy atom. The molecular formula is C17H21NO5S. The maximum absolute atomic E-state index is 11.9. The average molecular weight is 351 g/mol. The zero-order valence-electron chi connectivity index (χ0n) is 13.9. The van der Waals surface area contributed by atoms with Crippen molar-refractivity contribution in [3.05, 3.63) is 41.5 Å². The van der Waals surface area contributed by atoms with E-state index in [1.54, 1.807) is 0 Å². The molecule has 0 aromatic heterocycles. The van der Waals surface area contributed by atoms with E-state index < -0.39 is 26.7 Å². The first-order valence-corrected chi connectivity index (χ1v) is 9.45. The van der Waals surface area contributed by atoms with Crippen molar-refractivity contribution in [1.29, 1.82) is 0 Å². The third-order valence-corrected chi connectivity index (χ3v) is 6.20. The second kappa shape index (κ2) is 6.76. The summed E-state index contributed by atoms with van der Waals surface area (Å²) in [6.45, 7) is 3.15. The van der Waals surface area contributed by atoms with Crippen molar-refractivity contribution in [3.63, 3.8) is 0 Å². The zero-order valence-corrected chi connectivity index (χ0v) is 14.7. The van der Waals surface area contributed by atoms with Crippen molar-refractivity contribution < 1.29 is 23.2 Å². The van der Waals surface area contributed by atoms with E-state index in [9.17, 15) is 18.3 Å². The van der Waals surface area contributed by atoms with Gasteiger partial charge in [-0.05, 0) is 25.0 Å². The van der Waals surface area contributed by atoms with E-state index >= 15 is 0 Å². The molecule has 0 saturated heterocycles. The van der Waals surface area contributed by atoms with E-state index in [2.05, 4.69) is 5.16 Å². The Labute approximate surface area is 141 Å².